The van der Waals surface area contributed by atoms with E-state index in [1.165, 1.54) is 0 Å². The Kier molecular flexibility index (Phi) is 2.39. The maximum absolute atomic E-state index is 11.5. The summed E-state index contributed by atoms with van der Waals surface area (Å²) >= 11 is 0. The van der Waals surface area contributed by atoms with Gasteiger partial charge < -0.3 is 10.5 Å². The molecular weight excluding hydrogens is 159 g/mol. The van der Waals surface area contributed by atoms with Gasteiger partial charge >= 0.3 is 6.18 Å². The molecule has 11 heavy (non-hydrogen) atoms. The molecule has 0 bridgehead atoms. The highest BCUT2D eigenvalue weighted by Crippen LogP contribution is 2.24. The molecule has 0 aromatic heterocycles. The highest BCUT2D eigenvalue weighted by atomic mass is 19.4. The van der Waals surface area contributed by atoms with E-state index in [9.17, 15) is 13.2 Å². The van der Waals surface area contributed by atoms with E-state index in [1.807, 2.05) is 0 Å². The second-order valence-electron chi connectivity index (χ2n) is 2.78. The Morgan fingerprint density at radius 2 is 1.91 bits per heavy atom. The molecule has 0 aromatic rings. The van der Waals surface area contributed by atoms with Gasteiger partial charge in [0.1, 0.15) is 6.61 Å². The van der Waals surface area contributed by atoms with Gasteiger partial charge in [0.15, 0.2) is 0 Å². The van der Waals surface area contributed by atoms with Crippen molar-refractivity contribution < 1.29 is 17.9 Å². The van der Waals surface area contributed by atoms with Gasteiger partial charge in [0.2, 0.25) is 0 Å². The zero-order chi connectivity index (χ0) is 8.48. The van der Waals surface area contributed by atoms with Gasteiger partial charge in [0, 0.05) is 6.04 Å². The molecule has 0 unspecified atom stereocenters. The molecular formula is C6H10F3NO. The third-order valence-corrected chi connectivity index (χ3v) is 1.61. The van der Waals surface area contributed by atoms with E-state index in [0.717, 1.165) is 0 Å². The number of nitrogens with two attached hydrogens (primary N) is 1. The lowest BCUT2D eigenvalue weighted by atomic mass is 9.90. The second kappa shape index (κ2) is 2.98. The molecule has 0 atom stereocenters. The molecule has 2 nitrogen and oxygen atoms in total. The Morgan fingerprint density at radius 1 is 1.36 bits per heavy atom. The first-order valence-electron chi connectivity index (χ1n) is 3.41. The molecule has 1 rings (SSSR count). The molecule has 2 N–H and O–H groups in total. The molecule has 0 spiro atoms. The molecule has 1 aliphatic carbocycles. The molecule has 1 aliphatic rings. The largest absolute Gasteiger partial charge is 0.411 e. The van der Waals surface area contributed by atoms with Gasteiger partial charge in [-0.1, -0.05) is 0 Å². The predicted octanol–water partition coefficient (Wildman–Crippen LogP) is 1.05. The van der Waals surface area contributed by atoms with Gasteiger partial charge in [-0.3, -0.25) is 0 Å². The highest BCUT2D eigenvalue weighted by Gasteiger charge is 2.33. The number of hydrogen-bond donors (Lipinski definition) is 1. The van der Waals surface area contributed by atoms with Crippen LogP contribution in [0.25, 0.3) is 0 Å². The number of rotatable bonds is 2. The SMILES string of the molecule is NC1CC(OCC(F)(F)F)C1. The van der Waals surface area contributed by atoms with Crippen molar-refractivity contribution in [3.8, 4) is 0 Å². The molecule has 0 aromatic carbocycles. The Hall–Kier alpha value is -0.290. The first kappa shape index (κ1) is 8.80. The lowest BCUT2D eigenvalue weighted by Crippen LogP contribution is -2.42. The zero-order valence-electron chi connectivity index (χ0n) is 5.90. The summed E-state index contributed by atoms with van der Waals surface area (Å²) in [7, 11) is 0. The third kappa shape index (κ3) is 3.07. The summed E-state index contributed by atoms with van der Waals surface area (Å²) in [4.78, 5) is 0. The highest BCUT2D eigenvalue weighted by molar-refractivity contribution is 4.82. The van der Waals surface area contributed by atoms with Crippen molar-refractivity contribution in [3.05, 3.63) is 0 Å². The molecule has 0 heterocycles. The van der Waals surface area contributed by atoms with Crippen LogP contribution in [0.4, 0.5) is 13.2 Å². The van der Waals surface area contributed by atoms with Crippen LogP contribution in [0.5, 0.6) is 0 Å². The molecule has 1 saturated carbocycles. The summed E-state index contributed by atoms with van der Waals surface area (Å²) in [6, 6.07) is 0.0354. The molecule has 0 radical (unpaired) electrons. The van der Waals surface area contributed by atoms with Crippen molar-refractivity contribution in [1.82, 2.24) is 0 Å². The fourth-order valence-electron chi connectivity index (χ4n) is 0.955. The lowest BCUT2D eigenvalue weighted by Gasteiger charge is -2.32. The Bertz CT molecular complexity index is 130. The molecule has 66 valence electrons. The predicted molar refractivity (Wildman–Crippen MR) is 33.0 cm³/mol. The molecule has 0 amide bonds. The van der Waals surface area contributed by atoms with Crippen LogP contribution in [0.2, 0.25) is 0 Å². The van der Waals surface area contributed by atoms with Crippen molar-refractivity contribution in [1.29, 1.82) is 0 Å². The lowest BCUT2D eigenvalue weighted by molar-refractivity contribution is -0.193. The van der Waals surface area contributed by atoms with Crippen LogP contribution in [0.1, 0.15) is 12.8 Å². The first-order chi connectivity index (χ1) is 4.97. The molecule has 5 heteroatoms. The van der Waals surface area contributed by atoms with E-state index in [-0.39, 0.29) is 12.1 Å². The summed E-state index contributed by atoms with van der Waals surface area (Å²) in [6.07, 6.45) is -3.38. The number of alkyl halides is 3. The first-order valence-corrected chi connectivity index (χ1v) is 3.41. The van der Waals surface area contributed by atoms with Crippen molar-refractivity contribution in [2.45, 2.75) is 31.2 Å². The molecule has 1 fully saturated rings. The zero-order valence-corrected chi connectivity index (χ0v) is 5.90. The van der Waals surface area contributed by atoms with E-state index in [0.29, 0.717) is 12.8 Å². The van der Waals surface area contributed by atoms with E-state index >= 15 is 0 Å². The van der Waals surface area contributed by atoms with Gasteiger partial charge in [0.25, 0.3) is 0 Å². The van der Waals surface area contributed by atoms with Crippen LogP contribution in [0.15, 0.2) is 0 Å². The average molecular weight is 169 g/mol. The molecule has 0 aliphatic heterocycles. The van der Waals surface area contributed by atoms with Gasteiger partial charge in [-0.15, -0.1) is 0 Å². The van der Waals surface area contributed by atoms with Crippen LogP contribution in [0.3, 0.4) is 0 Å². The number of ether oxygens (including phenoxy) is 1. The average Bonchev–Trinajstić information content (AvgIpc) is 1.75. The Morgan fingerprint density at radius 3 is 2.27 bits per heavy atom. The number of halogens is 3. The van der Waals surface area contributed by atoms with Gasteiger partial charge in [0.05, 0.1) is 6.10 Å². The second-order valence-corrected chi connectivity index (χ2v) is 2.78. The number of hydrogen-bond acceptors (Lipinski definition) is 2. The van der Waals surface area contributed by atoms with Crippen molar-refractivity contribution in [2.75, 3.05) is 6.61 Å². The maximum atomic E-state index is 11.5. The minimum absolute atomic E-state index is 0.0354. The van der Waals surface area contributed by atoms with Crippen molar-refractivity contribution in [3.63, 3.8) is 0 Å². The maximum Gasteiger partial charge on any atom is 0.411 e. The summed E-state index contributed by atoms with van der Waals surface area (Å²) in [5, 5.41) is 0. The van der Waals surface area contributed by atoms with Crippen molar-refractivity contribution >= 4 is 0 Å². The fourth-order valence-corrected chi connectivity index (χ4v) is 0.955. The smallest absolute Gasteiger partial charge is 0.369 e. The summed E-state index contributed by atoms with van der Waals surface area (Å²) in [6.45, 7) is -1.15. The summed E-state index contributed by atoms with van der Waals surface area (Å²) in [5.74, 6) is 0. The van der Waals surface area contributed by atoms with Crippen LogP contribution in [-0.2, 0) is 4.74 Å². The van der Waals surface area contributed by atoms with Gasteiger partial charge in [-0.05, 0) is 12.8 Å². The minimum atomic E-state index is -4.21. The van der Waals surface area contributed by atoms with Gasteiger partial charge in [-0.25, -0.2) is 0 Å². The Balaban J connectivity index is 2.05. The van der Waals surface area contributed by atoms with Crippen LogP contribution < -0.4 is 5.73 Å². The van der Waals surface area contributed by atoms with Crippen LogP contribution in [0, 0.1) is 0 Å². The normalized spacial score (nSPS) is 31.6. The van der Waals surface area contributed by atoms with E-state index < -0.39 is 12.8 Å². The standard InChI is InChI=1S/C6H10F3NO/c7-6(8,9)3-11-5-1-4(10)2-5/h4-5H,1-3,10H2. The quantitative estimate of drug-likeness (QED) is 0.670. The summed E-state index contributed by atoms with van der Waals surface area (Å²) < 4.78 is 39.1. The van der Waals surface area contributed by atoms with E-state index in [1.54, 1.807) is 0 Å². The fraction of sp³-hybridized carbons (Fsp3) is 1.00. The third-order valence-electron chi connectivity index (χ3n) is 1.61. The Labute approximate surface area is 62.5 Å². The minimum Gasteiger partial charge on any atom is -0.369 e. The van der Waals surface area contributed by atoms with Gasteiger partial charge in [-0.2, -0.15) is 13.2 Å². The van der Waals surface area contributed by atoms with Crippen LogP contribution in [-0.4, -0.2) is 24.9 Å². The van der Waals surface area contributed by atoms with Crippen LogP contribution >= 0.6 is 0 Å². The monoisotopic (exact) mass is 169 g/mol. The summed E-state index contributed by atoms with van der Waals surface area (Å²) in [5.41, 5.74) is 5.35. The van der Waals surface area contributed by atoms with Crippen molar-refractivity contribution in [2.24, 2.45) is 5.73 Å². The topological polar surface area (TPSA) is 35.2 Å². The van der Waals surface area contributed by atoms with E-state index in [2.05, 4.69) is 4.74 Å². The molecule has 0 saturated heterocycles. The van der Waals surface area contributed by atoms with E-state index in [4.69, 9.17) is 5.73 Å².